The maximum Gasteiger partial charge on any atom is 0.165 e. The molecule has 0 unspecified atom stereocenters. The van der Waals surface area contributed by atoms with Gasteiger partial charge in [-0.2, -0.15) is 4.89 Å². The van der Waals surface area contributed by atoms with Crippen LogP contribution in [0.5, 0.6) is 11.5 Å². The van der Waals surface area contributed by atoms with Crippen LogP contribution in [0, 0.1) is 0 Å². The Kier molecular flexibility index (Phi) is 14.7. The number of rotatable bonds is 19. The molecule has 0 amide bonds. The number of anilines is 1. The van der Waals surface area contributed by atoms with Crippen molar-refractivity contribution in [2.45, 2.75) is 71.1 Å². The first-order chi connectivity index (χ1) is 19.7. The SMILES string of the molecule is CCCCCCCCCCCCOc1ccc(/C(O)=C(/COOc2ccccc2)C(=S)Nc2ccccc2)cc1. The van der Waals surface area contributed by atoms with Crippen LogP contribution in [0.15, 0.2) is 90.5 Å². The third-order valence-corrected chi connectivity index (χ3v) is 6.94. The Morgan fingerprint density at radius 2 is 1.27 bits per heavy atom. The number of aliphatic hydroxyl groups excluding tert-OH is 1. The number of para-hydroxylation sites is 2. The molecule has 3 rings (SSSR count). The van der Waals surface area contributed by atoms with Crippen LogP contribution in [0.25, 0.3) is 5.76 Å². The second-order valence-electron chi connectivity index (χ2n) is 9.86. The van der Waals surface area contributed by atoms with E-state index >= 15 is 0 Å². The van der Waals surface area contributed by atoms with Crippen molar-refractivity contribution in [1.29, 1.82) is 0 Å². The van der Waals surface area contributed by atoms with Crippen molar-refractivity contribution < 1.29 is 19.6 Å². The second kappa shape index (κ2) is 18.9. The average molecular weight is 562 g/mol. The zero-order valence-corrected chi connectivity index (χ0v) is 24.5. The molecule has 0 radical (unpaired) electrons. The largest absolute Gasteiger partial charge is 0.507 e. The fourth-order valence-corrected chi connectivity index (χ4v) is 4.54. The van der Waals surface area contributed by atoms with E-state index in [1.165, 1.54) is 57.8 Å². The molecule has 40 heavy (non-hydrogen) atoms. The molecule has 0 spiro atoms. The molecule has 3 aromatic rings. The highest BCUT2D eigenvalue weighted by Crippen LogP contribution is 2.23. The summed E-state index contributed by atoms with van der Waals surface area (Å²) in [5, 5.41) is 14.3. The number of nitrogens with one attached hydrogen (secondary N) is 1. The van der Waals surface area contributed by atoms with Crippen molar-refractivity contribution in [3.8, 4) is 11.5 Å². The van der Waals surface area contributed by atoms with Gasteiger partial charge in [-0.3, -0.25) is 0 Å². The lowest BCUT2D eigenvalue weighted by Crippen LogP contribution is -2.19. The van der Waals surface area contributed by atoms with E-state index in [-0.39, 0.29) is 12.4 Å². The number of thiocarbonyl (C=S) groups is 1. The van der Waals surface area contributed by atoms with E-state index in [0.29, 0.717) is 28.5 Å². The zero-order valence-electron chi connectivity index (χ0n) is 23.6. The Morgan fingerprint density at radius 1 is 0.700 bits per heavy atom. The molecule has 5 nitrogen and oxygen atoms in total. The van der Waals surface area contributed by atoms with Crippen molar-refractivity contribution in [3.63, 3.8) is 0 Å². The lowest BCUT2D eigenvalue weighted by molar-refractivity contribution is -0.197. The fraction of sp³-hybridized carbons (Fsp3) is 0.382. The molecule has 214 valence electrons. The van der Waals surface area contributed by atoms with Crippen LogP contribution < -0.4 is 14.9 Å². The number of unbranched alkanes of at least 4 members (excludes halogenated alkanes) is 9. The Labute approximate surface area is 245 Å². The van der Waals surface area contributed by atoms with Gasteiger partial charge < -0.3 is 20.0 Å². The van der Waals surface area contributed by atoms with Crippen molar-refractivity contribution >= 4 is 28.7 Å². The van der Waals surface area contributed by atoms with Gasteiger partial charge in [0.2, 0.25) is 0 Å². The summed E-state index contributed by atoms with van der Waals surface area (Å²) in [4.78, 5) is 11.2. The van der Waals surface area contributed by atoms with E-state index in [4.69, 9.17) is 26.7 Å². The molecule has 2 N–H and O–H groups in total. The molecule has 0 aliphatic heterocycles. The fourth-order valence-electron chi connectivity index (χ4n) is 4.26. The normalized spacial score (nSPS) is 11.5. The lowest BCUT2D eigenvalue weighted by Gasteiger charge is -2.15. The van der Waals surface area contributed by atoms with Crippen LogP contribution in [-0.4, -0.2) is 23.3 Å². The number of ether oxygens (including phenoxy) is 1. The van der Waals surface area contributed by atoms with Crippen LogP contribution in [0.4, 0.5) is 5.69 Å². The number of hydrogen-bond acceptors (Lipinski definition) is 5. The molecular formula is C34H43NO4S. The van der Waals surface area contributed by atoms with Gasteiger partial charge in [0.25, 0.3) is 0 Å². The molecule has 0 aliphatic carbocycles. The minimum Gasteiger partial charge on any atom is -0.507 e. The summed E-state index contributed by atoms with van der Waals surface area (Å²) in [7, 11) is 0. The van der Waals surface area contributed by atoms with Crippen molar-refractivity contribution in [2.75, 3.05) is 18.5 Å². The maximum absolute atomic E-state index is 11.2. The minimum atomic E-state index is -0.0453. The Hall–Kier alpha value is -3.35. The summed E-state index contributed by atoms with van der Waals surface area (Å²) in [6.45, 7) is 2.91. The molecular weight excluding hydrogens is 518 g/mol. The van der Waals surface area contributed by atoms with Crippen LogP contribution in [0.3, 0.4) is 0 Å². The minimum absolute atomic E-state index is 0.0198. The summed E-state index contributed by atoms with van der Waals surface area (Å²) in [5.41, 5.74) is 1.84. The molecule has 0 aliphatic rings. The Bertz CT molecular complexity index is 1130. The van der Waals surface area contributed by atoms with Crippen molar-refractivity contribution in [2.24, 2.45) is 0 Å². The van der Waals surface area contributed by atoms with E-state index in [1.54, 1.807) is 12.1 Å². The van der Waals surface area contributed by atoms with Crippen molar-refractivity contribution in [3.05, 3.63) is 96.1 Å². The van der Waals surface area contributed by atoms with Crippen LogP contribution in [0.1, 0.15) is 76.7 Å². The van der Waals surface area contributed by atoms with E-state index < -0.39 is 0 Å². The van der Waals surface area contributed by atoms with Gasteiger partial charge in [-0.25, -0.2) is 0 Å². The third-order valence-electron chi connectivity index (χ3n) is 6.59. The van der Waals surface area contributed by atoms with Gasteiger partial charge in [0, 0.05) is 11.3 Å². The Balaban J connectivity index is 1.51. The first kappa shape index (κ1) is 31.2. The van der Waals surface area contributed by atoms with Gasteiger partial charge in [0.1, 0.15) is 23.1 Å². The number of aliphatic hydroxyl groups is 1. The van der Waals surface area contributed by atoms with Gasteiger partial charge in [0.05, 0.1) is 12.2 Å². The quantitative estimate of drug-likeness (QED) is 0.0379. The smallest absolute Gasteiger partial charge is 0.165 e. The van der Waals surface area contributed by atoms with Crippen LogP contribution in [0.2, 0.25) is 0 Å². The highest BCUT2D eigenvalue weighted by molar-refractivity contribution is 7.81. The molecule has 3 aromatic carbocycles. The van der Waals surface area contributed by atoms with E-state index in [9.17, 15) is 5.11 Å². The van der Waals surface area contributed by atoms with Crippen LogP contribution in [-0.2, 0) is 4.89 Å². The first-order valence-corrected chi connectivity index (χ1v) is 14.9. The summed E-state index contributed by atoms with van der Waals surface area (Å²) in [6.07, 6.45) is 13.0. The molecule has 0 saturated heterocycles. The van der Waals surface area contributed by atoms with Gasteiger partial charge in [-0.05, 0) is 55.0 Å². The summed E-state index contributed by atoms with van der Waals surface area (Å²) >= 11 is 5.63. The second-order valence-corrected chi connectivity index (χ2v) is 10.3. The van der Waals surface area contributed by atoms with Crippen LogP contribution >= 0.6 is 12.2 Å². The topological polar surface area (TPSA) is 60.0 Å². The van der Waals surface area contributed by atoms with E-state index in [1.807, 2.05) is 72.8 Å². The Morgan fingerprint density at radius 3 is 1.90 bits per heavy atom. The van der Waals surface area contributed by atoms with E-state index in [0.717, 1.165) is 17.9 Å². The standard InChI is InChI=1S/C34H43NO4S/c1-2-3-4-5-6-7-8-9-10-17-26-37-30-24-22-28(23-25-30)33(36)32(27-38-39-31-20-15-12-16-21-31)34(40)35-29-18-13-11-14-19-29/h11-16,18-25,36H,2-10,17,26-27H2,1H3,(H,35,40)/b33-32+. The predicted octanol–water partition coefficient (Wildman–Crippen LogP) is 9.71. The van der Waals surface area contributed by atoms with Crippen molar-refractivity contribution in [1.82, 2.24) is 0 Å². The highest BCUT2D eigenvalue weighted by atomic mass is 32.1. The van der Waals surface area contributed by atoms with Gasteiger partial charge >= 0.3 is 0 Å². The number of hydrogen-bond donors (Lipinski definition) is 2. The molecule has 0 fully saturated rings. The molecule has 0 bridgehead atoms. The van der Waals surface area contributed by atoms with E-state index in [2.05, 4.69) is 12.2 Å². The predicted molar refractivity (Wildman–Crippen MR) is 169 cm³/mol. The summed E-state index contributed by atoms with van der Waals surface area (Å²) < 4.78 is 5.93. The molecule has 0 aromatic heterocycles. The molecule has 0 saturated carbocycles. The third kappa shape index (κ3) is 11.8. The van der Waals surface area contributed by atoms with Gasteiger partial charge in [0.15, 0.2) is 5.75 Å². The highest BCUT2D eigenvalue weighted by Gasteiger charge is 2.16. The molecule has 0 heterocycles. The number of benzene rings is 3. The first-order valence-electron chi connectivity index (χ1n) is 14.5. The lowest BCUT2D eigenvalue weighted by atomic mass is 10.1. The molecule has 0 atom stereocenters. The zero-order chi connectivity index (χ0) is 28.3. The maximum atomic E-state index is 11.2. The monoisotopic (exact) mass is 561 g/mol. The molecule has 6 heteroatoms. The van der Waals surface area contributed by atoms with Gasteiger partial charge in [-0.15, -0.1) is 0 Å². The van der Waals surface area contributed by atoms with Gasteiger partial charge in [-0.1, -0.05) is 113 Å². The average Bonchev–Trinajstić information content (AvgIpc) is 2.99. The summed E-state index contributed by atoms with van der Waals surface area (Å²) in [5.74, 6) is 1.36. The summed E-state index contributed by atoms with van der Waals surface area (Å²) in [6, 6.07) is 26.1.